The predicted octanol–water partition coefficient (Wildman–Crippen LogP) is 5.10. The fourth-order valence-electron chi connectivity index (χ4n) is 4.24. The van der Waals surface area contributed by atoms with Crippen LogP contribution in [0.5, 0.6) is 0 Å². The van der Waals surface area contributed by atoms with Gasteiger partial charge in [0.1, 0.15) is 4.83 Å². The van der Waals surface area contributed by atoms with Crippen LogP contribution in [-0.4, -0.2) is 9.55 Å². The molecule has 130 valence electrons. The van der Waals surface area contributed by atoms with Gasteiger partial charge >= 0.3 is 0 Å². The summed E-state index contributed by atoms with van der Waals surface area (Å²) < 4.78 is 1.78. The van der Waals surface area contributed by atoms with Crippen molar-refractivity contribution in [2.75, 3.05) is 0 Å². The van der Waals surface area contributed by atoms with E-state index in [9.17, 15) is 4.79 Å². The third kappa shape index (κ3) is 2.40. The van der Waals surface area contributed by atoms with Gasteiger partial charge in [0.2, 0.25) is 0 Å². The molecular weight excluding hydrogens is 340 g/mol. The zero-order valence-corrected chi connectivity index (χ0v) is 15.6. The quantitative estimate of drug-likeness (QED) is 0.498. The summed E-state index contributed by atoms with van der Waals surface area (Å²) in [5, 5.41) is 3.26. The van der Waals surface area contributed by atoms with Crippen molar-refractivity contribution in [2.24, 2.45) is 0 Å². The fraction of sp³-hybridized carbons (Fsp3) is 0.273. The zero-order valence-electron chi connectivity index (χ0n) is 14.7. The number of rotatable bonds is 2. The van der Waals surface area contributed by atoms with Crippen molar-refractivity contribution in [2.45, 2.75) is 38.6 Å². The first kappa shape index (κ1) is 15.8. The van der Waals surface area contributed by atoms with Gasteiger partial charge in [-0.15, -0.1) is 11.3 Å². The minimum Gasteiger partial charge on any atom is -0.294 e. The maximum absolute atomic E-state index is 13.3. The molecule has 0 fully saturated rings. The van der Waals surface area contributed by atoms with E-state index < -0.39 is 0 Å². The second-order valence-electron chi connectivity index (χ2n) is 7.23. The first-order valence-electron chi connectivity index (χ1n) is 9.19. The molecule has 1 unspecified atom stereocenters. The molecule has 0 bridgehead atoms. The molecule has 0 saturated heterocycles. The molecule has 2 aromatic heterocycles. The van der Waals surface area contributed by atoms with E-state index in [1.807, 2.05) is 12.1 Å². The van der Waals surface area contributed by atoms with Gasteiger partial charge in [0.05, 0.1) is 18.3 Å². The highest BCUT2D eigenvalue weighted by molar-refractivity contribution is 7.18. The van der Waals surface area contributed by atoms with Gasteiger partial charge < -0.3 is 0 Å². The van der Waals surface area contributed by atoms with E-state index in [0.29, 0.717) is 12.5 Å². The Hall–Kier alpha value is -2.46. The molecule has 3 nitrogen and oxygen atoms in total. The number of nitrogens with zero attached hydrogens (tertiary/aromatic N) is 2. The van der Waals surface area contributed by atoms with Gasteiger partial charge in [-0.2, -0.15) is 0 Å². The highest BCUT2D eigenvalue weighted by Crippen LogP contribution is 2.39. The first-order valence-corrected chi connectivity index (χ1v) is 10.0. The minimum atomic E-state index is 0.106. The molecule has 26 heavy (non-hydrogen) atoms. The van der Waals surface area contributed by atoms with Crippen LogP contribution in [0.1, 0.15) is 41.7 Å². The molecule has 0 radical (unpaired) electrons. The standard InChI is InChI=1S/C22H20N2OS/c1-14-6-4-11-18-19(14)20-21(26-18)23-13-24(22(20)25)12-16-9-5-8-15-7-2-3-10-17(15)16/h2-3,5,7-10,13-14H,4,6,11-12H2,1H3. The Kier molecular flexibility index (Phi) is 3.68. The first-order chi connectivity index (χ1) is 12.7. The Balaban J connectivity index is 1.67. The maximum Gasteiger partial charge on any atom is 0.262 e. The molecule has 1 atom stereocenters. The summed E-state index contributed by atoms with van der Waals surface area (Å²) in [6.07, 6.45) is 5.18. The average molecular weight is 360 g/mol. The summed E-state index contributed by atoms with van der Waals surface area (Å²) in [5.74, 6) is 0.454. The van der Waals surface area contributed by atoms with E-state index in [2.05, 4.69) is 42.2 Å². The third-order valence-corrected chi connectivity index (χ3v) is 6.72. The summed E-state index contributed by atoms with van der Waals surface area (Å²) >= 11 is 1.71. The summed E-state index contributed by atoms with van der Waals surface area (Å²) in [7, 11) is 0. The Morgan fingerprint density at radius 1 is 1.19 bits per heavy atom. The SMILES string of the molecule is CC1CCCc2sc3ncn(Cc4cccc5ccccc45)c(=O)c3c21. The normalized spacial score (nSPS) is 16.9. The van der Waals surface area contributed by atoms with Crippen LogP contribution >= 0.6 is 11.3 Å². The van der Waals surface area contributed by atoms with E-state index >= 15 is 0 Å². The van der Waals surface area contributed by atoms with Crippen molar-refractivity contribution in [3.63, 3.8) is 0 Å². The van der Waals surface area contributed by atoms with Crippen molar-refractivity contribution >= 4 is 32.3 Å². The topological polar surface area (TPSA) is 34.9 Å². The second-order valence-corrected chi connectivity index (χ2v) is 8.31. The van der Waals surface area contributed by atoms with Crippen molar-refractivity contribution < 1.29 is 0 Å². The van der Waals surface area contributed by atoms with Gasteiger partial charge in [0.25, 0.3) is 5.56 Å². The molecule has 0 N–H and O–H groups in total. The molecule has 4 heteroatoms. The van der Waals surface area contributed by atoms with Gasteiger partial charge in [-0.05, 0) is 47.1 Å². The Labute approximate surface area is 155 Å². The number of fused-ring (bicyclic) bond motifs is 4. The molecule has 1 aliphatic carbocycles. The van der Waals surface area contributed by atoms with Crippen LogP contribution in [0.4, 0.5) is 0 Å². The van der Waals surface area contributed by atoms with Crippen molar-refractivity contribution in [1.29, 1.82) is 0 Å². The monoisotopic (exact) mass is 360 g/mol. The summed E-state index contributed by atoms with van der Waals surface area (Å²) in [6, 6.07) is 14.6. The highest BCUT2D eigenvalue weighted by Gasteiger charge is 2.24. The van der Waals surface area contributed by atoms with Crippen LogP contribution in [-0.2, 0) is 13.0 Å². The largest absolute Gasteiger partial charge is 0.294 e. The lowest BCUT2D eigenvalue weighted by Gasteiger charge is -2.18. The van der Waals surface area contributed by atoms with E-state index in [-0.39, 0.29) is 5.56 Å². The van der Waals surface area contributed by atoms with Crippen LogP contribution in [0.25, 0.3) is 21.0 Å². The number of thiophene rings is 1. The Bertz CT molecular complexity index is 1180. The summed E-state index contributed by atoms with van der Waals surface area (Å²) in [4.78, 5) is 20.2. The molecule has 0 spiro atoms. The number of hydrogen-bond donors (Lipinski definition) is 0. The molecule has 0 amide bonds. The van der Waals surface area contributed by atoms with Gasteiger partial charge in [-0.3, -0.25) is 9.36 Å². The number of benzene rings is 2. The van der Waals surface area contributed by atoms with Gasteiger partial charge in [0.15, 0.2) is 0 Å². The number of aryl methyl sites for hydroxylation is 1. The minimum absolute atomic E-state index is 0.106. The third-order valence-electron chi connectivity index (χ3n) is 5.55. The average Bonchev–Trinajstić information content (AvgIpc) is 3.05. The zero-order chi connectivity index (χ0) is 17.7. The van der Waals surface area contributed by atoms with Crippen molar-refractivity contribution in [3.05, 3.63) is 75.1 Å². The van der Waals surface area contributed by atoms with Crippen LogP contribution in [0.2, 0.25) is 0 Å². The Morgan fingerprint density at radius 2 is 2.04 bits per heavy atom. The highest BCUT2D eigenvalue weighted by atomic mass is 32.1. The molecule has 2 aromatic carbocycles. The predicted molar refractivity (Wildman–Crippen MR) is 108 cm³/mol. The smallest absolute Gasteiger partial charge is 0.262 e. The van der Waals surface area contributed by atoms with E-state index in [0.717, 1.165) is 28.6 Å². The second kappa shape index (κ2) is 6.06. The van der Waals surface area contributed by atoms with E-state index in [1.165, 1.54) is 27.6 Å². The number of aromatic nitrogens is 2. The lowest BCUT2D eigenvalue weighted by Crippen LogP contribution is -2.22. The van der Waals surface area contributed by atoms with Gasteiger partial charge in [-0.1, -0.05) is 49.4 Å². The lowest BCUT2D eigenvalue weighted by atomic mass is 9.88. The lowest BCUT2D eigenvalue weighted by molar-refractivity contribution is 0.601. The van der Waals surface area contributed by atoms with Crippen LogP contribution < -0.4 is 5.56 Å². The molecule has 5 rings (SSSR count). The van der Waals surface area contributed by atoms with Gasteiger partial charge in [-0.25, -0.2) is 4.98 Å². The molecule has 0 aliphatic heterocycles. The maximum atomic E-state index is 13.3. The van der Waals surface area contributed by atoms with Crippen LogP contribution in [0, 0.1) is 0 Å². The molecular formula is C22H20N2OS. The van der Waals surface area contributed by atoms with E-state index in [4.69, 9.17) is 0 Å². The molecule has 4 aromatic rings. The van der Waals surface area contributed by atoms with Gasteiger partial charge in [0, 0.05) is 4.88 Å². The molecule has 2 heterocycles. The molecule has 1 aliphatic rings. The van der Waals surface area contributed by atoms with Crippen molar-refractivity contribution in [1.82, 2.24) is 9.55 Å². The summed E-state index contributed by atoms with van der Waals surface area (Å²) in [6.45, 7) is 2.80. The summed E-state index contributed by atoms with van der Waals surface area (Å²) in [5.41, 5.74) is 2.53. The van der Waals surface area contributed by atoms with Crippen molar-refractivity contribution in [3.8, 4) is 0 Å². The van der Waals surface area contributed by atoms with Crippen LogP contribution in [0.15, 0.2) is 53.6 Å². The fourth-order valence-corrected chi connectivity index (χ4v) is 5.53. The molecule has 0 saturated carbocycles. The Morgan fingerprint density at radius 3 is 2.96 bits per heavy atom. The van der Waals surface area contributed by atoms with Crippen LogP contribution in [0.3, 0.4) is 0 Å². The van der Waals surface area contributed by atoms with E-state index in [1.54, 1.807) is 22.2 Å². The number of hydrogen-bond acceptors (Lipinski definition) is 3.